The third-order valence-electron chi connectivity index (χ3n) is 8.03. The molecule has 0 aliphatic carbocycles. The van der Waals surface area contributed by atoms with Gasteiger partial charge in [0.2, 0.25) is 0 Å². The van der Waals surface area contributed by atoms with Gasteiger partial charge in [-0.1, -0.05) is 85.3 Å². The van der Waals surface area contributed by atoms with Crippen molar-refractivity contribution in [2.45, 2.75) is 39.3 Å². The van der Waals surface area contributed by atoms with Crippen LogP contribution in [0, 0.1) is 11.3 Å². The molecule has 1 aliphatic heterocycles. The highest BCUT2D eigenvalue weighted by atomic mass is 32.1. The summed E-state index contributed by atoms with van der Waals surface area (Å²) in [5, 5.41) is 11.2. The van der Waals surface area contributed by atoms with Gasteiger partial charge in [-0.25, -0.2) is 9.79 Å². The molecule has 1 atom stereocenters. The number of aromatic nitrogens is 1. The number of methoxy groups -OCH3 is 1. The number of fused-ring (bicyclic) bond motifs is 2. The normalized spacial score (nSPS) is 14.3. The molecule has 0 saturated carbocycles. The highest BCUT2D eigenvalue weighted by Gasteiger charge is 2.37. The molecule has 9 heteroatoms. The maximum Gasteiger partial charge on any atom is 0.338 e. The van der Waals surface area contributed by atoms with E-state index in [-0.39, 0.29) is 18.8 Å². The van der Waals surface area contributed by atoms with Gasteiger partial charge in [-0.05, 0) is 60.0 Å². The lowest BCUT2D eigenvalue weighted by atomic mass is 9.90. The Hall–Kier alpha value is -5.46. The average molecular weight is 644 g/mol. The molecule has 0 amide bonds. The predicted molar refractivity (Wildman–Crippen MR) is 182 cm³/mol. The largest absolute Gasteiger partial charge is 0.496 e. The van der Waals surface area contributed by atoms with Crippen LogP contribution >= 0.6 is 11.3 Å². The predicted octanol–water partition coefficient (Wildman–Crippen LogP) is 6.19. The number of nitrogens with zero attached hydrogens (tertiary/aromatic N) is 3. The molecule has 8 nitrogen and oxygen atoms in total. The van der Waals surface area contributed by atoms with Gasteiger partial charge in [0.1, 0.15) is 24.1 Å². The van der Waals surface area contributed by atoms with Gasteiger partial charge in [-0.2, -0.15) is 5.26 Å². The Bertz CT molecular complexity index is 2220. The molecule has 5 aromatic rings. The van der Waals surface area contributed by atoms with Crippen LogP contribution < -0.4 is 24.4 Å². The molecule has 6 rings (SSSR count). The standard InChI is InChI=1S/C38H33N3O5S/c1-4-10-30-34(37(43)45-5-2)35(33-29-14-9-8-11-25(29)17-20-31(33)44-3)41-36(42)32(47-38(41)40-30)21-24-15-18-28(19-16-24)46-23-27-13-7-6-12-26(27)22-39/h6-9,11-21,35H,4-5,10,23H2,1-3H3/b32-21+/t35-/m1/s1. The number of hydrogen-bond donors (Lipinski definition) is 0. The Labute approximate surface area is 276 Å². The van der Waals surface area contributed by atoms with E-state index in [9.17, 15) is 14.9 Å². The molecule has 1 aliphatic rings. The van der Waals surface area contributed by atoms with Crippen LogP contribution in [0.1, 0.15) is 55.0 Å². The van der Waals surface area contributed by atoms with Crippen LogP contribution in [0.3, 0.4) is 0 Å². The molecule has 0 fully saturated rings. The van der Waals surface area contributed by atoms with Crippen LogP contribution in [0.2, 0.25) is 0 Å². The van der Waals surface area contributed by atoms with Crippen molar-refractivity contribution in [2.24, 2.45) is 4.99 Å². The molecule has 47 heavy (non-hydrogen) atoms. The van der Waals surface area contributed by atoms with Crippen LogP contribution in [0.15, 0.2) is 106 Å². The number of thiazole rings is 1. The zero-order valence-corrected chi connectivity index (χ0v) is 27.2. The summed E-state index contributed by atoms with van der Waals surface area (Å²) >= 11 is 1.29. The van der Waals surface area contributed by atoms with Gasteiger partial charge in [-0.15, -0.1) is 0 Å². The van der Waals surface area contributed by atoms with Crippen molar-refractivity contribution in [3.05, 3.63) is 138 Å². The second kappa shape index (κ2) is 13.9. The molecule has 0 radical (unpaired) electrons. The van der Waals surface area contributed by atoms with Gasteiger partial charge in [0.15, 0.2) is 4.80 Å². The van der Waals surface area contributed by atoms with E-state index in [1.54, 1.807) is 24.7 Å². The third-order valence-corrected chi connectivity index (χ3v) is 9.01. The Morgan fingerprint density at radius 1 is 1.02 bits per heavy atom. The van der Waals surface area contributed by atoms with Crippen molar-refractivity contribution in [3.8, 4) is 17.6 Å². The van der Waals surface area contributed by atoms with Crippen molar-refractivity contribution < 1.29 is 19.0 Å². The zero-order valence-electron chi connectivity index (χ0n) is 26.4. The highest BCUT2D eigenvalue weighted by Crippen LogP contribution is 2.41. The summed E-state index contributed by atoms with van der Waals surface area (Å²) in [5.74, 6) is 0.709. The first kappa shape index (κ1) is 31.5. The van der Waals surface area contributed by atoms with E-state index in [0.717, 1.165) is 28.3 Å². The molecule has 2 heterocycles. The molecule has 0 saturated heterocycles. The minimum Gasteiger partial charge on any atom is -0.496 e. The van der Waals surface area contributed by atoms with E-state index >= 15 is 0 Å². The Morgan fingerprint density at radius 2 is 1.79 bits per heavy atom. The highest BCUT2D eigenvalue weighted by molar-refractivity contribution is 7.07. The van der Waals surface area contributed by atoms with E-state index in [1.807, 2.05) is 91.9 Å². The lowest BCUT2D eigenvalue weighted by Gasteiger charge is -2.28. The fourth-order valence-electron chi connectivity index (χ4n) is 5.86. The van der Waals surface area contributed by atoms with Crippen molar-refractivity contribution in [3.63, 3.8) is 0 Å². The molecule has 0 spiro atoms. The van der Waals surface area contributed by atoms with E-state index in [4.69, 9.17) is 19.2 Å². The fourth-order valence-corrected chi connectivity index (χ4v) is 6.88. The van der Waals surface area contributed by atoms with E-state index in [0.29, 0.717) is 49.7 Å². The molecule has 1 aromatic heterocycles. The third kappa shape index (κ3) is 6.20. The summed E-state index contributed by atoms with van der Waals surface area (Å²) in [5.41, 5.74) is 3.59. The molecule has 236 valence electrons. The lowest BCUT2D eigenvalue weighted by Crippen LogP contribution is -2.40. The van der Waals surface area contributed by atoms with Crippen LogP contribution in [0.4, 0.5) is 0 Å². The summed E-state index contributed by atoms with van der Waals surface area (Å²) in [6.45, 7) is 4.25. The number of allylic oxidation sites excluding steroid dienone is 1. The number of carbonyl (C=O) groups is 1. The molecule has 0 unspecified atom stereocenters. The average Bonchev–Trinajstić information content (AvgIpc) is 3.40. The molecular weight excluding hydrogens is 611 g/mol. The van der Waals surface area contributed by atoms with Gasteiger partial charge >= 0.3 is 5.97 Å². The second-order valence-electron chi connectivity index (χ2n) is 10.9. The van der Waals surface area contributed by atoms with Crippen molar-refractivity contribution in [1.82, 2.24) is 4.57 Å². The van der Waals surface area contributed by atoms with Crippen LogP contribution in [-0.4, -0.2) is 24.3 Å². The summed E-state index contributed by atoms with van der Waals surface area (Å²) in [6, 6.07) is 27.8. The first-order valence-corrected chi connectivity index (χ1v) is 16.3. The Morgan fingerprint density at radius 3 is 2.53 bits per heavy atom. The Balaban J connectivity index is 1.46. The zero-order chi connectivity index (χ0) is 32.9. The van der Waals surface area contributed by atoms with Crippen LogP contribution in [0.5, 0.6) is 11.5 Å². The summed E-state index contributed by atoms with van der Waals surface area (Å²) in [7, 11) is 1.59. The number of ether oxygens (including phenoxy) is 3. The molecule has 4 aromatic carbocycles. The SMILES string of the molecule is CCCC1=C(C(=O)OCC)[C@@H](c2c(OC)ccc3ccccc23)n2c(s/c(=C/c3ccc(OCc4ccccc4C#N)cc3)c2=O)=N1. The number of nitriles is 1. The van der Waals surface area contributed by atoms with E-state index < -0.39 is 12.0 Å². The minimum absolute atomic E-state index is 0.191. The smallest absolute Gasteiger partial charge is 0.338 e. The summed E-state index contributed by atoms with van der Waals surface area (Å²) in [4.78, 5) is 33.4. The molecule has 0 N–H and O–H groups in total. The maximum absolute atomic E-state index is 14.3. The van der Waals surface area contributed by atoms with Crippen LogP contribution in [-0.2, 0) is 16.1 Å². The number of esters is 1. The van der Waals surface area contributed by atoms with Crippen molar-refractivity contribution in [2.75, 3.05) is 13.7 Å². The number of carbonyl (C=O) groups excluding carboxylic acids is 1. The fraction of sp³-hybridized carbons (Fsp3) is 0.211. The van der Waals surface area contributed by atoms with Gasteiger partial charge in [0.05, 0.1) is 41.2 Å². The minimum atomic E-state index is -0.804. The topological polar surface area (TPSA) is 103 Å². The number of benzene rings is 4. The van der Waals surface area contributed by atoms with Gasteiger partial charge < -0.3 is 14.2 Å². The second-order valence-corrected chi connectivity index (χ2v) is 12.0. The van der Waals surface area contributed by atoms with Gasteiger partial charge in [0, 0.05) is 11.1 Å². The molecule has 0 bridgehead atoms. The monoisotopic (exact) mass is 643 g/mol. The summed E-state index contributed by atoms with van der Waals surface area (Å²) < 4.78 is 19.5. The number of hydrogen-bond acceptors (Lipinski definition) is 8. The first-order valence-electron chi connectivity index (χ1n) is 15.5. The first-order chi connectivity index (χ1) is 23.0. The van der Waals surface area contributed by atoms with E-state index in [1.165, 1.54) is 11.3 Å². The Kier molecular flexibility index (Phi) is 9.32. The molecular formula is C38H33N3O5S. The lowest BCUT2D eigenvalue weighted by molar-refractivity contribution is -0.139. The quantitative estimate of drug-likeness (QED) is 0.168. The van der Waals surface area contributed by atoms with Gasteiger partial charge in [-0.3, -0.25) is 9.36 Å². The number of rotatable bonds is 10. The maximum atomic E-state index is 14.3. The van der Waals surface area contributed by atoms with Gasteiger partial charge in [0.25, 0.3) is 5.56 Å². The summed E-state index contributed by atoms with van der Waals surface area (Å²) in [6.07, 6.45) is 3.12. The van der Waals surface area contributed by atoms with Crippen molar-refractivity contribution >= 4 is 34.2 Å². The van der Waals surface area contributed by atoms with Crippen molar-refractivity contribution in [1.29, 1.82) is 5.26 Å². The van der Waals surface area contributed by atoms with E-state index in [2.05, 4.69) is 6.07 Å². The van der Waals surface area contributed by atoms with Crippen LogP contribution in [0.25, 0.3) is 16.8 Å².